The Morgan fingerprint density at radius 2 is 1.94 bits per heavy atom. The Hall–Kier alpha value is -0.960. The summed E-state index contributed by atoms with van der Waals surface area (Å²) >= 11 is 1.72. The van der Waals surface area contributed by atoms with E-state index in [-0.39, 0.29) is 0 Å². The van der Waals surface area contributed by atoms with Crippen LogP contribution in [0.2, 0.25) is 0 Å². The Morgan fingerprint density at radius 3 is 2.72 bits per heavy atom. The Kier molecular flexibility index (Phi) is 3.59. The van der Waals surface area contributed by atoms with E-state index in [1.165, 1.54) is 43.2 Å². The third kappa shape index (κ3) is 2.41. The first-order valence-corrected chi connectivity index (χ1v) is 7.92. The van der Waals surface area contributed by atoms with Gasteiger partial charge in [-0.15, -0.1) is 11.3 Å². The van der Waals surface area contributed by atoms with Crippen molar-refractivity contribution in [2.45, 2.75) is 45.4 Å². The highest BCUT2D eigenvalue weighted by molar-refractivity contribution is 7.16. The quantitative estimate of drug-likeness (QED) is 0.814. The molecule has 96 valence electrons. The number of aromatic nitrogens is 2. The van der Waals surface area contributed by atoms with Crippen LogP contribution >= 0.6 is 11.3 Å². The van der Waals surface area contributed by atoms with Crippen LogP contribution in [0.4, 0.5) is 0 Å². The van der Waals surface area contributed by atoms with Crippen LogP contribution in [0, 0.1) is 11.8 Å². The highest BCUT2D eigenvalue weighted by Crippen LogP contribution is 2.33. The minimum Gasteiger partial charge on any atom is -0.241 e. The number of thiophene rings is 1. The van der Waals surface area contributed by atoms with Crippen molar-refractivity contribution in [2.24, 2.45) is 11.8 Å². The zero-order chi connectivity index (χ0) is 12.4. The molecule has 2 aromatic heterocycles. The summed E-state index contributed by atoms with van der Waals surface area (Å²) in [6, 6.07) is 2.17. The predicted octanol–water partition coefficient (Wildman–Crippen LogP) is 4.45. The summed E-state index contributed by atoms with van der Waals surface area (Å²) in [5, 5.41) is 3.40. The van der Waals surface area contributed by atoms with E-state index in [9.17, 15) is 0 Å². The van der Waals surface area contributed by atoms with Crippen LogP contribution in [0.25, 0.3) is 10.2 Å². The number of hydrogen-bond acceptors (Lipinski definition) is 3. The molecule has 1 aliphatic carbocycles. The molecule has 2 heterocycles. The molecule has 0 unspecified atom stereocenters. The van der Waals surface area contributed by atoms with Gasteiger partial charge < -0.3 is 0 Å². The van der Waals surface area contributed by atoms with Gasteiger partial charge in [-0.25, -0.2) is 9.97 Å². The lowest BCUT2D eigenvalue weighted by Gasteiger charge is -2.27. The van der Waals surface area contributed by atoms with Crippen molar-refractivity contribution in [1.29, 1.82) is 0 Å². The molecule has 2 aromatic rings. The van der Waals surface area contributed by atoms with Crippen LogP contribution in [0.3, 0.4) is 0 Å². The number of hydrogen-bond donors (Lipinski definition) is 0. The van der Waals surface area contributed by atoms with Crippen molar-refractivity contribution in [1.82, 2.24) is 9.97 Å². The maximum atomic E-state index is 4.51. The second-order valence-corrected chi connectivity index (χ2v) is 6.35. The highest BCUT2D eigenvalue weighted by atomic mass is 32.1. The van der Waals surface area contributed by atoms with Gasteiger partial charge in [-0.1, -0.05) is 26.2 Å². The molecule has 0 N–H and O–H groups in total. The average Bonchev–Trinajstić information content (AvgIpc) is 2.89. The molecule has 3 heteroatoms. The van der Waals surface area contributed by atoms with Gasteiger partial charge in [-0.2, -0.15) is 0 Å². The summed E-state index contributed by atoms with van der Waals surface area (Å²) in [6.45, 7) is 2.32. The van der Waals surface area contributed by atoms with Crippen LogP contribution in [0.15, 0.2) is 17.8 Å². The summed E-state index contributed by atoms with van der Waals surface area (Å²) in [4.78, 5) is 9.98. The SMILES string of the molecule is CCC1CCC(Cc2ncnc3sccc23)CC1. The standard InChI is InChI=1S/C15H20N2S/c1-2-11-3-5-12(6-4-11)9-14-13-7-8-18-15(13)17-10-16-14/h7-8,10-12H,2-6,9H2,1H3. The lowest BCUT2D eigenvalue weighted by Crippen LogP contribution is -2.16. The van der Waals surface area contributed by atoms with Gasteiger partial charge in [0.2, 0.25) is 0 Å². The molecule has 3 rings (SSSR count). The van der Waals surface area contributed by atoms with Gasteiger partial charge in [0.15, 0.2) is 0 Å². The van der Waals surface area contributed by atoms with Crippen molar-refractivity contribution in [3.63, 3.8) is 0 Å². The molecule has 0 bridgehead atoms. The third-order valence-electron chi connectivity index (χ3n) is 4.37. The molecule has 0 atom stereocenters. The van der Waals surface area contributed by atoms with E-state index < -0.39 is 0 Å². The monoisotopic (exact) mass is 260 g/mol. The van der Waals surface area contributed by atoms with Gasteiger partial charge in [0.1, 0.15) is 11.2 Å². The Labute approximate surface area is 112 Å². The zero-order valence-electron chi connectivity index (χ0n) is 10.9. The van der Waals surface area contributed by atoms with Gasteiger partial charge in [-0.3, -0.25) is 0 Å². The van der Waals surface area contributed by atoms with Crippen LogP contribution in [0.5, 0.6) is 0 Å². The topological polar surface area (TPSA) is 25.8 Å². The summed E-state index contributed by atoms with van der Waals surface area (Å²) in [7, 11) is 0. The summed E-state index contributed by atoms with van der Waals surface area (Å²) in [5.41, 5.74) is 1.26. The minimum atomic E-state index is 0.839. The first-order chi connectivity index (χ1) is 8.86. The van der Waals surface area contributed by atoms with E-state index in [0.717, 1.165) is 23.1 Å². The van der Waals surface area contributed by atoms with Gasteiger partial charge in [-0.05, 0) is 42.5 Å². The van der Waals surface area contributed by atoms with E-state index in [1.807, 2.05) is 0 Å². The van der Waals surface area contributed by atoms with E-state index >= 15 is 0 Å². The fourth-order valence-electron chi connectivity index (χ4n) is 3.12. The van der Waals surface area contributed by atoms with E-state index in [2.05, 4.69) is 28.3 Å². The van der Waals surface area contributed by atoms with Crippen LogP contribution in [0.1, 0.15) is 44.7 Å². The predicted molar refractivity (Wildman–Crippen MR) is 76.9 cm³/mol. The first kappa shape index (κ1) is 12.1. The maximum Gasteiger partial charge on any atom is 0.126 e. The Bertz CT molecular complexity index is 512. The van der Waals surface area contributed by atoms with Crippen LogP contribution < -0.4 is 0 Å². The van der Waals surface area contributed by atoms with Gasteiger partial charge in [0, 0.05) is 5.39 Å². The molecule has 18 heavy (non-hydrogen) atoms. The second kappa shape index (κ2) is 5.35. The highest BCUT2D eigenvalue weighted by Gasteiger charge is 2.21. The molecule has 1 saturated carbocycles. The van der Waals surface area contributed by atoms with Crippen molar-refractivity contribution in [3.05, 3.63) is 23.5 Å². The van der Waals surface area contributed by atoms with Crippen molar-refractivity contribution in [3.8, 4) is 0 Å². The molecule has 2 nitrogen and oxygen atoms in total. The normalized spacial score (nSPS) is 24.5. The van der Waals surface area contributed by atoms with Crippen LogP contribution in [-0.4, -0.2) is 9.97 Å². The summed E-state index contributed by atoms with van der Waals surface area (Å²) in [5.74, 6) is 1.82. The van der Waals surface area contributed by atoms with Gasteiger partial charge in [0.05, 0.1) is 5.69 Å². The molecule has 0 radical (unpaired) electrons. The van der Waals surface area contributed by atoms with Crippen LogP contribution in [-0.2, 0) is 6.42 Å². The molecule has 0 aliphatic heterocycles. The third-order valence-corrected chi connectivity index (χ3v) is 5.19. The zero-order valence-corrected chi connectivity index (χ0v) is 11.7. The molecule has 0 aromatic carbocycles. The molecule has 0 saturated heterocycles. The van der Waals surface area contributed by atoms with E-state index in [0.29, 0.717) is 0 Å². The smallest absolute Gasteiger partial charge is 0.126 e. The van der Waals surface area contributed by atoms with Gasteiger partial charge in [0.25, 0.3) is 0 Å². The molecule has 0 amide bonds. The van der Waals surface area contributed by atoms with Crippen molar-refractivity contribution < 1.29 is 0 Å². The van der Waals surface area contributed by atoms with Crippen molar-refractivity contribution in [2.75, 3.05) is 0 Å². The molecular weight excluding hydrogens is 240 g/mol. The average molecular weight is 260 g/mol. The summed E-state index contributed by atoms with van der Waals surface area (Å²) < 4.78 is 0. The fourth-order valence-corrected chi connectivity index (χ4v) is 3.88. The Balaban J connectivity index is 1.71. The molecule has 0 spiro atoms. The van der Waals surface area contributed by atoms with Gasteiger partial charge >= 0.3 is 0 Å². The van der Waals surface area contributed by atoms with E-state index in [1.54, 1.807) is 17.7 Å². The lowest BCUT2D eigenvalue weighted by atomic mass is 9.79. The fraction of sp³-hybridized carbons (Fsp3) is 0.600. The van der Waals surface area contributed by atoms with E-state index in [4.69, 9.17) is 0 Å². The number of fused-ring (bicyclic) bond motifs is 1. The van der Waals surface area contributed by atoms with Crippen molar-refractivity contribution >= 4 is 21.6 Å². The summed E-state index contributed by atoms with van der Waals surface area (Å²) in [6.07, 6.45) is 9.83. The second-order valence-electron chi connectivity index (χ2n) is 5.46. The molecule has 1 fully saturated rings. The maximum absolute atomic E-state index is 4.51. The Morgan fingerprint density at radius 1 is 1.17 bits per heavy atom. The number of nitrogens with zero attached hydrogens (tertiary/aromatic N) is 2. The largest absolute Gasteiger partial charge is 0.241 e. The first-order valence-electron chi connectivity index (χ1n) is 7.04. The minimum absolute atomic E-state index is 0.839. The number of rotatable bonds is 3. The lowest BCUT2D eigenvalue weighted by molar-refractivity contribution is 0.267. The molecular formula is C15H20N2S. The molecule has 1 aliphatic rings.